The summed E-state index contributed by atoms with van der Waals surface area (Å²) in [5, 5.41) is 0. The van der Waals surface area contributed by atoms with Crippen molar-refractivity contribution in [3.63, 3.8) is 0 Å². The van der Waals surface area contributed by atoms with Gasteiger partial charge in [0.25, 0.3) is 0 Å². The highest BCUT2D eigenvalue weighted by molar-refractivity contribution is 5.83. The van der Waals surface area contributed by atoms with Crippen molar-refractivity contribution >= 4 is 17.7 Å². The Kier molecular flexibility index (Phi) is 6.50. The van der Waals surface area contributed by atoms with Crippen LogP contribution in [-0.4, -0.2) is 30.9 Å². The molecule has 4 unspecified atom stereocenters. The van der Waals surface area contributed by atoms with Gasteiger partial charge in [-0.3, -0.25) is 14.4 Å². The second-order valence-electron chi connectivity index (χ2n) is 11.9. The number of methoxy groups -OCH3 is 1. The van der Waals surface area contributed by atoms with Crippen molar-refractivity contribution in [2.75, 3.05) is 7.11 Å². The van der Waals surface area contributed by atoms with E-state index >= 15 is 0 Å². The lowest BCUT2D eigenvalue weighted by Gasteiger charge is -2.60. The van der Waals surface area contributed by atoms with E-state index in [1.807, 2.05) is 0 Å². The second kappa shape index (κ2) is 8.76. The van der Waals surface area contributed by atoms with Gasteiger partial charge in [-0.2, -0.15) is 0 Å². The van der Waals surface area contributed by atoms with Crippen molar-refractivity contribution < 1.29 is 23.9 Å². The van der Waals surface area contributed by atoms with Crippen molar-refractivity contribution in [3.8, 4) is 0 Å². The number of esters is 2. The Labute approximate surface area is 193 Å². The molecule has 0 N–H and O–H groups in total. The highest BCUT2D eigenvalue weighted by Crippen LogP contribution is 2.67. The van der Waals surface area contributed by atoms with Gasteiger partial charge < -0.3 is 9.47 Å². The largest absolute Gasteiger partial charge is 0.469 e. The van der Waals surface area contributed by atoms with Crippen LogP contribution >= 0.6 is 0 Å². The van der Waals surface area contributed by atoms with Gasteiger partial charge in [0.15, 0.2) is 0 Å². The molecule has 9 atom stereocenters. The van der Waals surface area contributed by atoms with Gasteiger partial charge in [-0.15, -0.1) is 0 Å². The van der Waals surface area contributed by atoms with Crippen LogP contribution in [0.1, 0.15) is 91.9 Å². The third-order valence-electron chi connectivity index (χ3n) is 10.5. The summed E-state index contributed by atoms with van der Waals surface area (Å²) in [6.07, 6.45) is 9.49. The van der Waals surface area contributed by atoms with E-state index in [4.69, 9.17) is 9.47 Å². The van der Waals surface area contributed by atoms with Crippen LogP contribution in [0.25, 0.3) is 0 Å². The van der Waals surface area contributed by atoms with Crippen molar-refractivity contribution in [3.05, 3.63) is 0 Å². The van der Waals surface area contributed by atoms with Crippen molar-refractivity contribution in [2.24, 2.45) is 46.3 Å². The smallest absolute Gasteiger partial charge is 0.305 e. The van der Waals surface area contributed by atoms with E-state index in [0.717, 1.165) is 38.5 Å². The molecule has 4 saturated carbocycles. The average Bonchev–Trinajstić information content (AvgIpc) is 3.09. The lowest BCUT2D eigenvalue weighted by atomic mass is 9.44. The molecule has 32 heavy (non-hydrogen) atoms. The number of carbonyl (C=O) groups is 3. The zero-order valence-electron chi connectivity index (χ0n) is 20.7. The summed E-state index contributed by atoms with van der Waals surface area (Å²) in [6.45, 7) is 8.66. The minimum absolute atomic E-state index is 0.0182. The van der Waals surface area contributed by atoms with E-state index in [0.29, 0.717) is 48.2 Å². The minimum atomic E-state index is -0.203. The monoisotopic (exact) mass is 446 g/mol. The predicted octanol–water partition coefficient (Wildman–Crippen LogP) is 5.35. The molecule has 0 aliphatic heterocycles. The number of Topliss-reactive ketones (excluding diaryl/α,β-unsaturated/α-hetero) is 1. The summed E-state index contributed by atoms with van der Waals surface area (Å²) >= 11 is 0. The second-order valence-corrected chi connectivity index (χ2v) is 11.9. The Balaban J connectivity index is 1.50. The summed E-state index contributed by atoms with van der Waals surface area (Å²) in [5.41, 5.74) is 0.385. The van der Waals surface area contributed by atoms with Gasteiger partial charge in [0.1, 0.15) is 11.9 Å². The van der Waals surface area contributed by atoms with Gasteiger partial charge in [-0.25, -0.2) is 0 Å². The molecule has 4 rings (SSSR count). The lowest BCUT2D eigenvalue weighted by Crippen LogP contribution is -2.57. The number of rotatable bonds is 5. The van der Waals surface area contributed by atoms with E-state index in [-0.39, 0.29) is 34.8 Å². The molecule has 5 nitrogen and oxygen atoms in total. The average molecular weight is 447 g/mol. The van der Waals surface area contributed by atoms with E-state index in [2.05, 4.69) is 20.8 Å². The van der Waals surface area contributed by atoms with Crippen LogP contribution in [0.2, 0.25) is 0 Å². The fraction of sp³-hybridized carbons (Fsp3) is 0.889. The van der Waals surface area contributed by atoms with Crippen molar-refractivity contribution in [1.29, 1.82) is 0 Å². The molecule has 180 valence electrons. The Hall–Kier alpha value is -1.39. The lowest BCUT2D eigenvalue weighted by molar-refractivity contribution is -0.168. The molecular formula is C27H42O5. The van der Waals surface area contributed by atoms with E-state index in [1.54, 1.807) is 0 Å². The molecule has 0 radical (unpaired) electrons. The first-order chi connectivity index (χ1) is 15.1. The third-order valence-corrected chi connectivity index (χ3v) is 10.5. The van der Waals surface area contributed by atoms with Crippen LogP contribution in [0.5, 0.6) is 0 Å². The topological polar surface area (TPSA) is 69.7 Å². The Bertz CT molecular complexity index is 761. The summed E-state index contributed by atoms with van der Waals surface area (Å²) in [5.74, 6) is 2.68. The molecule has 0 saturated heterocycles. The van der Waals surface area contributed by atoms with Gasteiger partial charge in [-0.05, 0) is 91.8 Å². The number of hydrogen-bond donors (Lipinski definition) is 0. The maximum absolute atomic E-state index is 13.6. The summed E-state index contributed by atoms with van der Waals surface area (Å²) in [7, 11) is 1.46. The quantitative estimate of drug-likeness (QED) is 0.533. The van der Waals surface area contributed by atoms with Gasteiger partial charge in [0, 0.05) is 25.7 Å². The molecule has 5 heteroatoms. The maximum Gasteiger partial charge on any atom is 0.305 e. The zero-order valence-corrected chi connectivity index (χ0v) is 20.7. The van der Waals surface area contributed by atoms with Crippen LogP contribution < -0.4 is 0 Å². The number of fused-ring (bicyclic) bond motifs is 5. The molecule has 0 amide bonds. The van der Waals surface area contributed by atoms with Crippen LogP contribution in [0.15, 0.2) is 0 Å². The summed E-state index contributed by atoms with van der Waals surface area (Å²) in [6, 6.07) is 0. The summed E-state index contributed by atoms with van der Waals surface area (Å²) in [4.78, 5) is 36.8. The fourth-order valence-corrected chi connectivity index (χ4v) is 8.86. The number of hydrogen-bond acceptors (Lipinski definition) is 5. The molecule has 4 fully saturated rings. The van der Waals surface area contributed by atoms with Crippen molar-refractivity contribution in [2.45, 2.75) is 98.0 Å². The first kappa shape index (κ1) is 23.8. The van der Waals surface area contributed by atoms with Crippen LogP contribution in [-0.2, 0) is 23.9 Å². The van der Waals surface area contributed by atoms with E-state index in [1.165, 1.54) is 26.9 Å². The first-order valence-electron chi connectivity index (χ1n) is 12.9. The summed E-state index contributed by atoms with van der Waals surface area (Å²) < 4.78 is 10.4. The van der Waals surface area contributed by atoms with Gasteiger partial charge >= 0.3 is 11.9 Å². The van der Waals surface area contributed by atoms with Gasteiger partial charge in [0.05, 0.1) is 7.11 Å². The van der Waals surface area contributed by atoms with Crippen LogP contribution in [0.3, 0.4) is 0 Å². The molecular weight excluding hydrogens is 404 g/mol. The first-order valence-corrected chi connectivity index (χ1v) is 12.9. The number of carbonyl (C=O) groups excluding carboxylic acids is 3. The highest BCUT2D eigenvalue weighted by Gasteiger charge is 2.63. The van der Waals surface area contributed by atoms with Crippen LogP contribution in [0, 0.1) is 46.3 Å². The highest BCUT2D eigenvalue weighted by atomic mass is 16.5. The number of ketones is 1. The molecule has 0 bridgehead atoms. The molecule has 0 spiro atoms. The fourth-order valence-electron chi connectivity index (χ4n) is 8.86. The predicted molar refractivity (Wildman–Crippen MR) is 122 cm³/mol. The molecule has 0 aromatic heterocycles. The molecule has 4 aliphatic carbocycles. The number of ether oxygens (including phenoxy) is 2. The maximum atomic E-state index is 13.6. The molecule has 0 heterocycles. The SMILES string of the molecule is COC(=O)CC[C@@H](C)[C@H]1CC[C@H]2C3C(=O)CC4C[C@H](OC(C)=O)CCC4(C)[C@H]3CCC12C. The minimum Gasteiger partial charge on any atom is -0.469 e. The van der Waals surface area contributed by atoms with Crippen molar-refractivity contribution in [1.82, 2.24) is 0 Å². The van der Waals surface area contributed by atoms with Gasteiger partial charge in [-0.1, -0.05) is 20.8 Å². The van der Waals surface area contributed by atoms with E-state index in [9.17, 15) is 14.4 Å². The molecule has 4 aliphatic rings. The Morgan fingerprint density at radius 3 is 2.44 bits per heavy atom. The molecule has 0 aromatic rings. The third kappa shape index (κ3) is 3.92. The standard InChI is InChI=1S/C27H42O5/c1-16(6-9-24(30)31-5)20-7-8-21-25-22(11-13-27(20,21)4)26(3)12-10-19(32-17(2)28)14-18(26)15-23(25)29/h16,18-22,25H,6-15H2,1-5H3/t16-,18?,19-,20-,21+,22+,25?,26?,27?/m1/s1. The van der Waals surface area contributed by atoms with Crippen LogP contribution in [0.4, 0.5) is 0 Å². The van der Waals surface area contributed by atoms with Gasteiger partial charge in [0.2, 0.25) is 0 Å². The Morgan fingerprint density at radius 2 is 1.75 bits per heavy atom. The zero-order chi connectivity index (χ0) is 23.3. The Morgan fingerprint density at radius 1 is 1.06 bits per heavy atom. The molecule has 0 aromatic carbocycles. The normalized spacial score (nSPS) is 44.1. The van der Waals surface area contributed by atoms with E-state index < -0.39 is 0 Å².